The Labute approximate surface area is 136 Å². The van der Waals surface area contributed by atoms with Crippen LogP contribution in [0.3, 0.4) is 0 Å². The molecule has 1 rings (SSSR count). The van der Waals surface area contributed by atoms with Crippen LogP contribution in [-0.4, -0.2) is 47.1 Å². The van der Waals surface area contributed by atoms with Crippen LogP contribution in [-0.2, 0) is 16.0 Å². The van der Waals surface area contributed by atoms with Crippen LogP contribution < -0.4 is 10.2 Å². The number of anilines is 1. The number of benzene rings is 1. The van der Waals surface area contributed by atoms with Crippen molar-refractivity contribution < 1.29 is 9.47 Å². The van der Waals surface area contributed by atoms with Gasteiger partial charge in [-0.05, 0) is 36.7 Å². The van der Waals surface area contributed by atoms with Gasteiger partial charge in [0.25, 0.3) is 0 Å². The molecule has 0 aromatic heterocycles. The van der Waals surface area contributed by atoms with Gasteiger partial charge in [0.05, 0.1) is 6.61 Å². The molecule has 0 unspecified atom stereocenters. The topological polar surface area (TPSA) is 33.7 Å². The van der Waals surface area contributed by atoms with E-state index in [0.29, 0.717) is 0 Å². The summed E-state index contributed by atoms with van der Waals surface area (Å²) in [6.45, 7) is 7.33. The van der Waals surface area contributed by atoms with Gasteiger partial charge in [-0.25, -0.2) is 0 Å². The lowest BCUT2D eigenvalue weighted by atomic mass is 10.1. The zero-order valence-corrected chi connectivity index (χ0v) is 14.9. The predicted octanol–water partition coefficient (Wildman–Crippen LogP) is 3.05. The lowest BCUT2D eigenvalue weighted by Crippen LogP contribution is -2.30. The fourth-order valence-corrected chi connectivity index (χ4v) is 2.63. The molecular weight excluding hydrogens is 332 g/mol. The van der Waals surface area contributed by atoms with Gasteiger partial charge >= 0.3 is 0 Å². The van der Waals surface area contributed by atoms with Crippen LogP contribution in [0.5, 0.6) is 0 Å². The number of rotatable bonds is 11. The largest absolute Gasteiger partial charge is 0.385 e. The summed E-state index contributed by atoms with van der Waals surface area (Å²) in [5, 5.41) is 3.41. The molecule has 1 aromatic rings. The highest BCUT2D eigenvalue weighted by molar-refractivity contribution is 9.10. The van der Waals surface area contributed by atoms with E-state index in [1.807, 2.05) is 0 Å². The Bertz CT molecular complexity index is 402. The molecule has 0 spiro atoms. The summed E-state index contributed by atoms with van der Waals surface area (Å²) in [7, 11) is 3.49. The number of halogens is 1. The minimum Gasteiger partial charge on any atom is -0.385 e. The van der Waals surface area contributed by atoms with E-state index in [-0.39, 0.29) is 0 Å². The van der Waals surface area contributed by atoms with Crippen LogP contribution in [0.2, 0.25) is 0 Å². The zero-order chi connectivity index (χ0) is 15.5. The lowest BCUT2D eigenvalue weighted by molar-refractivity contribution is 0.191. The van der Waals surface area contributed by atoms with Crippen LogP contribution in [0.15, 0.2) is 22.7 Å². The Hall–Kier alpha value is -0.620. The molecule has 1 aromatic carbocycles. The van der Waals surface area contributed by atoms with Crippen molar-refractivity contribution in [2.45, 2.75) is 19.9 Å². The molecule has 0 fully saturated rings. The van der Waals surface area contributed by atoms with Gasteiger partial charge in [0.1, 0.15) is 0 Å². The first kappa shape index (κ1) is 18.4. The summed E-state index contributed by atoms with van der Waals surface area (Å²) in [6.07, 6.45) is 1.01. The normalized spacial score (nSPS) is 10.9. The summed E-state index contributed by atoms with van der Waals surface area (Å²) in [4.78, 5) is 2.38. The van der Waals surface area contributed by atoms with E-state index in [2.05, 4.69) is 51.3 Å². The van der Waals surface area contributed by atoms with Crippen molar-refractivity contribution in [3.63, 3.8) is 0 Å². The van der Waals surface area contributed by atoms with E-state index < -0.39 is 0 Å². The first-order valence-corrected chi connectivity index (χ1v) is 8.24. The van der Waals surface area contributed by atoms with Crippen molar-refractivity contribution in [2.75, 3.05) is 52.0 Å². The molecule has 0 saturated heterocycles. The van der Waals surface area contributed by atoms with Crippen molar-refractivity contribution in [1.82, 2.24) is 5.32 Å². The van der Waals surface area contributed by atoms with Gasteiger partial charge < -0.3 is 19.7 Å². The van der Waals surface area contributed by atoms with Crippen molar-refractivity contribution in [3.05, 3.63) is 28.2 Å². The third-order valence-corrected chi connectivity index (χ3v) is 3.78. The van der Waals surface area contributed by atoms with Gasteiger partial charge in [-0.2, -0.15) is 0 Å². The Morgan fingerprint density at radius 1 is 1.14 bits per heavy atom. The van der Waals surface area contributed by atoms with Gasteiger partial charge in [-0.1, -0.05) is 22.9 Å². The van der Waals surface area contributed by atoms with E-state index >= 15 is 0 Å². The van der Waals surface area contributed by atoms with Gasteiger partial charge in [0.2, 0.25) is 0 Å². The minimum absolute atomic E-state index is 0.726. The fraction of sp³-hybridized carbons (Fsp3) is 0.625. The number of hydrogen-bond acceptors (Lipinski definition) is 4. The Morgan fingerprint density at radius 2 is 1.90 bits per heavy atom. The number of nitrogens with one attached hydrogen (secondary N) is 1. The molecule has 4 nitrogen and oxygen atoms in total. The molecule has 0 aliphatic carbocycles. The van der Waals surface area contributed by atoms with Crippen molar-refractivity contribution in [2.24, 2.45) is 0 Å². The fourth-order valence-electron chi connectivity index (χ4n) is 2.22. The van der Waals surface area contributed by atoms with Crippen LogP contribution in [0.25, 0.3) is 0 Å². The predicted molar refractivity (Wildman–Crippen MR) is 92.1 cm³/mol. The summed E-state index contributed by atoms with van der Waals surface area (Å²) >= 11 is 3.56. The summed E-state index contributed by atoms with van der Waals surface area (Å²) in [5.74, 6) is 0. The van der Waals surface area contributed by atoms with E-state index in [9.17, 15) is 0 Å². The summed E-state index contributed by atoms with van der Waals surface area (Å²) < 4.78 is 11.5. The van der Waals surface area contributed by atoms with E-state index in [0.717, 1.165) is 50.3 Å². The first-order chi connectivity index (χ1) is 10.2. The number of nitrogens with zero attached hydrogens (tertiary/aromatic N) is 1. The Balaban J connectivity index is 2.86. The standard InChI is InChI=1S/C16H27BrN2O2/c1-4-18-13-14-12-15(17)6-7-16(14)19(9-11-21-3)8-5-10-20-2/h6-7,12,18H,4-5,8-11,13H2,1-3H3. The SMILES string of the molecule is CCNCc1cc(Br)ccc1N(CCCOC)CCOC. The second kappa shape index (κ2) is 11.0. The number of ether oxygens (including phenoxy) is 2. The molecule has 0 atom stereocenters. The molecule has 0 saturated carbocycles. The third kappa shape index (κ3) is 6.78. The maximum absolute atomic E-state index is 5.25. The third-order valence-electron chi connectivity index (χ3n) is 3.29. The van der Waals surface area contributed by atoms with Crippen molar-refractivity contribution in [3.8, 4) is 0 Å². The zero-order valence-electron chi connectivity index (χ0n) is 13.3. The van der Waals surface area contributed by atoms with Gasteiger partial charge in [-0.15, -0.1) is 0 Å². The van der Waals surface area contributed by atoms with Crippen LogP contribution in [0, 0.1) is 0 Å². The van der Waals surface area contributed by atoms with Crippen molar-refractivity contribution >= 4 is 21.6 Å². The maximum Gasteiger partial charge on any atom is 0.0637 e. The van der Waals surface area contributed by atoms with Crippen LogP contribution >= 0.6 is 15.9 Å². The summed E-state index contributed by atoms with van der Waals surface area (Å²) in [6, 6.07) is 6.47. The molecule has 0 aliphatic heterocycles. The Morgan fingerprint density at radius 3 is 2.57 bits per heavy atom. The second-order valence-corrected chi connectivity index (χ2v) is 5.80. The quantitative estimate of drug-likeness (QED) is 0.616. The lowest BCUT2D eigenvalue weighted by Gasteiger charge is -2.27. The van der Waals surface area contributed by atoms with Gasteiger partial charge in [-0.3, -0.25) is 0 Å². The number of methoxy groups -OCH3 is 2. The Kier molecular flexibility index (Phi) is 9.67. The second-order valence-electron chi connectivity index (χ2n) is 4.88. The average Bonchev–Trinajstić information content (AvgIpc) is 2.49. The van der Waals surface area contributed by atoms with E-state index in [4.69, 9.17) is 9.47 Å². The molecule has 0 aliphatic rings. The van der Waals surface area contributed by atoms with Crippen molar-refractivity contribution in [1.29, 1.82) is 0 Å². The molecule has 21 heavy (non-hydrogen) atoms. The molecule has 5 heteroatoms. The molecule has 0 heterocycles. The smallest absolute Gasteiger partial charge is 0.0637 e. The van der Waals surface area contributed by atoms with Gasteiger partial charge in [0, 0.05) is 50.6 Å². The first-order valence-electron chi connectivity index (χ1n) is 7.44. The molecule has 120 valence electrons. The molecule has 0 amide bonds. The highest BCUT2D eigenvalue weighted by Gasteiger charge is 2.11. The molecular formula is C16H27BrN2O2. The molecule has 0 bridgehead atoms. The maximum atomic E-state index is 5.25. The average molecular weight is 359 g/mol. The molecule has 0 radical (unpaired) electrons. The highest BCUT2D eigenvalue weighted by Crippen LogP contribution is 2.25. The monoisotopic (exact) mass is 358 g/mol. The minimum atomic E-state index is 0.726. The highest BCUT2D eigenvalue weighted by atomic mass is 79.9. The summed E-state index contributed by atoms with van der Waals surface area (Å²) in [5.41, 5.74) is 2.58. The number of hydrogen-bond donors (Lipinski definition) is 1. The van der Waals surface area contributed by atoms with Crippen LogP contribution in [0.4, 0.5) is 5.69 Å². The van der Waals surface area contributed by atoms with E-state index in [1.54, 1.807) is 14.2 Å². The molecule has 1 N–H and O–H groups in total. The van der Waals surface area contributed by atoms with Crippen LogP contribution in [0.1, 0.15) is 18.9 Å². The van der Waals surface area contributed by atoms with Gasteiger partial charge in [0.15, 0.2) is 0 Å². The van der Waals surface area contributed by atoms with E-state index in [1.165, 1.54) is 11.3 Å².